The molecule has 4 rings (SSSR count). The largest absolute Gasteiger partial charge is 0.339 e. The van der Waals surface area contributed by atoms with E-state index in [4.69, 9.17) is 11.5 Å². The molecule has 1 aromatic carbocycles. The van der Waals surface area contributed by atoms with Gasteiger partial charge in [0.1, 0.15) is 17.3 Å². The first-order chi connectivity index (χ1) is 15.6. The summed E-state index contributed by atoms with van der Waals surface area (Å²) in [6, 6.07) is 13.1. The van der Waals surface area contributed by atoms with Crippen LogP contribution in [0.4, 0.5) is 10.2 Å². The number of amides is 1. The number of hydrogen-bond acceptors (Lipinski definition) is 5. The van der Waals surface area contributed by atoms with Crippen LogP contribution in [-0.2, 0) is 4.79 Å². The van der Waals surface area contributed by atoms with Crippen molar-refractivity contribution in [2.75, 3.05) is 11.9 Å². The van der Waals surface area contributed by atoms with Crippen molar-refractivity contribution >= 4 is 22.8 Å². The predicted octanol–water partition coefficient (Wildman–Crippen LogP) is 3.83. The third-order valence-electron chi connectivity index (χ3n) is 5.32. The van der Waals surface area contributed by atoms with Crippen LogP contribution in [0.15, 0.2) is 60.9 Å². The number of carbonyl (C=O) groups is 1. The summed E-state index contributed by atoms with van der Waals surface area (Å²) >= 11 is 0. The average Bonchev–Trinajstić information content (AvgIpc) is 3.19. The van der Waals surface area contributed by atoms with E-state index in [1.165, 1.54) is 12.1 Å². The molecule has 8 heteroatoms. The van der Waals surface area contributed by atoms with Gasteiger partial charge < -0.3 is 21.8 Å². The number of benzene rings is 1. The van der Waals surface area contributed by atoms with Crippen LogP contribution < -0.4 is 16.8 Å². The monoisotopic (exact) mass is 432 g/mol. The van der Waals surface area contributed by atoms with Gasteiger partial charge in [0.2, 0.25) is 5.91 Å². The van der Waals surface area contributed by atoms with Gasteiger partial charge in [0.25, 0.3) is 0 Å². The van der Waals surface area contributed by atoms with E-state index in [1.54, 1.807) is 30.6 Å². The lowest BCUT2D eigenvalue weighted by molar-refractivity contribution is -0.117. The second-order valence-corrected chi connectivity index (χ2v) is 7.59. The van der Waals surface area contributed by atoms with E-state index < -0.39 is 6.04 Å². The molecule has 0 spiro atoms. The first kappa shape index (κ1) is 21.6. The fourth-order valence-corrected chi connectivity index (χ4v) is 3.65. The van der Waals surface area contributed by atoms with Gasteiger partial charge in [-0.25, -0.2) is 9.37 Å². The van der Waals surface area contributed by atoms with Crippen LogP contribution in [0.2, 0.25) is 0 Å². The second-order valence-electron chi connectivity index (χ2n) is 7.59. The third-order valence-corrected chi connectivity index (χ3v) is 5.32. The standard InChI is InChI=1S/C24H25FN6O/c25-17-6-4-16(5-7-17)22-21(15-10-13-28-14-11-15)18-8-9-20(29-23(18)31-22)30-24(32)19(27)3-1-2-12-26/h4-11,13-14,19H,1-3,12,26-27H2,(H2,29,30,31,32). The van der Waals surface area contributed by atoms with Gasteiger partial charge in [-0.2, -0.15) is 0 Å². The number of anilines is 1. The summed E-state index contributed by atoms with van der Waals surface area (Å²) in [5, 5.41) is 3.67. The van der Waals surface area contributed by atoms with Crippen LogP contribution in [-0.4, -0.2) is 33.4 Å². The maximum atomic E-state index is 13.5. The summed E-state index contributed by atoms with van der Waals surface area (Å²) in [6.45, 7) is 0.579. The van der Waals surface area contributed by atoms with Crippen LogP contribution in [0.1, 0.15) is 19.3 Å². The summed E-state index contributed by atoms with van der Waals surface area (Å²) < 4.78 is 13.5. The number of halogens is 1. The molecule has 0 aliphatic heterocycles. The molecule has 6 N–H and O–H groups in total. The summed E-state index contributed by atoms with van der Waals surface area (Å²) in [7, 11) is 0. The Balaban J connectivity index is 1.69. The van der Waals surface area contributed by atoms with Crippen LogP contribution >= 0.6 is 0 Å². The molecule has 0 aliphatic rings. The number of carbonyl (C=O) groups excluding carboxylic acids is 1. The van der Waals surface area contributed by atoms with Gasteiger partial charge in [0.15, 0.2) is 0 Å². The zero-order valence-electron chi connectivity index (χ0n) is 17.5. The lowest BCUT2D eigenvalue weighted by atomic mass is 10.00. The van der Waals surface area contributed by atoms with Gasteiger partial charge in [-0.3, -0.25) is 9.78 Å². The van der Waals surface area contributed by atoms with E-state index in [0.717, 1.165) is 40.6 Å². The Morgan fingerprint density at radius 1 is 1.03 bits per heavy atom. The molecule has 0 bridgehead atoms. The van der Waals surface area contributed by atoms with Gasteiger partial charge in [-0.05, 0) is 79.0 Å². The van der Waals surface area contributed by atoms with Crippen molar-refractivity contribution in [2.24, 2.45) is 11.5 Å². The molecule has 164 valence electrons. The van der Waals surface area contributed by atoms with E-state index >= 15 is 0 Å². The fraction of sp³-hybridized carbons (Fsp3) is 0.208. The fourth-order valence-electron chi connectivity index (χ4n) is 3.65. The highest BCUT2D eigenvalue weighted by molar-refractivity contribution is 6.03. The summed E-state index contributed by atoms with van der Waals surface area (Å²) in [4.78, 5) is 24.5. The van der Waals surface area contributed by atoms with E-state index in [-0.39, 0.29) is 11.7 Å². The minimum Gasteiger partial charge on any atom is -0.339 e. The molecule has 0 aliphatic carbocycles. The quantitative estimate of drug-likeness (QED) is 0.315. The highest BCUT2D eigenvalue weighted by Crippen LogP contribution is 2.38. The van der Waals surface area contributed by atoms with Crippen molar-refractivity contribution in [3.8, 4) is 22.4 Å². The topological polar surface area (TPSA) is 123 Å². The van der Waals surface area contributed by atoms with Crippen molar-refractivity contribution in [3.63, 3.8) is 0 Å². The highest BCUT2D eigenvalue weighted by Gasteiger charge is 2.18. The Labute approximate surface area is 185 Å². The van der Waals surface area contributed by atoms with E-state index in [0.29, 0.717) is 24.4 Å². The number of nitrogens with zero attached hydrogens (tertiary/aromatic N) is 2. The molecule has 1 unspecified atom stereocenters. The summed E-state index contributed by atoms with van der Waals surface area (Å²) in [5.74, 6) is -0.181. The van der Waals surface area contributed by atoms with Crippen LogP contribution in [0.3, 0.4) is 0 Å². The number of rotatable bonds is 8. The molecule has 3 heterocycles. The Bertz CT molecular complexity index is 1210. The predicted molar refractivity (Wildman–Crippen MR) is 124 cm³/mol. The molecule has 7 nitrogen and oxygen atoms in total. The maximum absolute atomic E-state index is 13.5. The first-order valence-electron chi connectivity index (χ1n) is 10.5. The van der Waals surface area contributed by atoms with E-state index in [9.17, 15) is 9.18 Å². The number of aromatic nitrogens is 3. The molecule has 1 amide bonds. The molecule has 0 saturated heterocycles. The van der Waals surface area contributed by atoms with E-state index in [2.05, 4.69) is 20.3 Å². The van der Waals surface area contributed by atoms with Gasteiger partial charge >= 0.3 is 0 Å². The SMILES string of the molecule is NCCCCC(N)C(=O)Nc1ccc2c(-c3ccncc3)c(-c3ccc(F)cc3)[nH]c2n1. The smallest absolute Gasteiger partial charge is 0.242 e. The van der Waals surface area contributed by atoms with Crippen molar-refractivity contribution in [1.29, 1.82) is 0 Å². The summed E-state index contributed by atoms with van der Waals surface area (Å²) in [6.07, 6.45) is 5.63. The van der Waals surface area contributed by atoms with Crippen LogP contribution in [0.5, 0.6) is 0 Å². The molecule has 0 fully saturated rings. The van der Waals surface area contributed by atoms with Crippen molar-refractivity contribution in [3.05, 3.63) is 66.7 Å². The van der Waals surface area contributed by atoms with Crippen molar-refractivity contribution < 1.29 is 9.18 Å². The summed E-state index contributed by atoms with van der Waals surface area (Å²) in [5.41, 5.74) is 15.6. The Kier molecular flexibility index (Phi) is 6.53. The molecule has 0 radical (unpaired) electrons. The zero-order valence-corrected chi connectivity index (χ0v) is 17.5. The number of pyridine rings is 2. The van der Waals surface area contributed by atoms with Crippen LogP contribution in [0.25, 0.3) is 33.4 Å². The number of hydrogen-bond donors (Lipinski definition) is 4. The lowest BCUT2D eigenvalue weighted by Gasteiger charge is -2.11. The Morgan fingerprint density at radius 3 is 2.50 bits per heavy atom. The third kappa shape index (κ3) is 4.66. The minimum absolute atomic E-state index is 0.284. The first-order valence-corrected chi connectivity index (χ1v) is 10.5. The second kappa shape index (κ2) is 9.67. The molecule has 0 saturated carbocycles. The van der Waals surface area contributed by atoms with Gasteiger partial charge in [-0.1, -0.05) is 6.42 Å². The molecule has 32 heavy (non-hydrogen) atoms. The van der Waals surface area contributed by atoms with Gasteiger partial charge in [0, 0.05) is 23.3 Å². The number of fused-ring (bicyclic) bond motifs is 1. The minimum atomic E-state index is -0.621. The average molecular weight is 433 g/mol. The molecular weight excluding hydrogens is 407 g/mol. The normalized spacial score (nSPS) is 12.1. The lowest BCUT2D eigenvalue weighted by Crippen LogP contribution is -2.35. The number of nitrogens with two attached hydrogens (primary N) is 2. The van der Waals surface area contributed by atoms with Crippen molar-refractivity contribution in [1.82, 2.24) is 15.0 Å². The molecule has 3 aromatic heterocycles. The van der Waals surface area contributed by atoms with Crippen LogP contribution in [0, 0.1) is 5.82 Å². The molecular formula is C24H25FN6O. The van der Waals surface area contributed by atoms with Gasteiger partial charge in [-0.15, -0.1) is 0 Å². The number of unbranched alkanes of at least 4 members (excludes halogenated alkanes) is 1. The Hall–Kier alpha value is -3.62. The van der Waals surface area contributed by atoms with E-state index in [1.807, 2.05) is 18.2 Å². The van der Waals surface area contributed by atoms with Gasteiger partial charge in [0.05, 0.1) is 11.7 Å². The molecule has 4 aromatic rings. The number of nitrogens with one attached hydrogen (secondary N) is 2. The number of H-pyrrole nitrogens is 1. The molecule has 1 atom stereocenters. The Morgan fingerprint density at radius 2 is 1.78 bits per heavy atom. The maximum Gasteiger partial charge on any atom is 0.242 e. The number of aromatic amines is 1. The highest BCUT2D eigenvalue weighted by atomic mass is 19.1. The zero-order chi connectivity index (χ0) is 22.5. The van der Waals surface area contributed by atoms with Crippen molar-refractivity contribution in [2.45, 2.75) is 25.3 Å².